The van der Waals surface area contributed by atoms with E-state index in [2.05, 4.69) is 5.10 Å². The van der Waals surface area contributed by atoms with Crippen molar-refractivity contribution in [2.75, 3.05) is 13.1 Å². The summed E-state index contributed by atoms with van der Waals surface area (Å²) in [6.45, 7) is 2.47. The number of hydrogen-bond donors (Lipinski definition) is 1. The molecule has 0 bridgehead atoms. The van der Waals surface area contributed by atoms with Crippen LogP contribution in [-0.2, 0) is 22.7 Å². The summed E-state index contributed by atoms with van der Waals surface area (Å²) >= 11 is 5.70. The number of amides is 1. The van der Waals surface area contributed by atoms with Crippen LogP contribution in [0.2, 0.25) is 5.02 Å². The van der Waals surface area contributed by atoms with Gasteiger partial charge >= 0.3 is 6.18 Å². The van der Waals surface area contributed by atoms with Crippen molar-refractivity contribution in [2.45, 2.75) is 56.6 Å². The van der Waals surface area contributed by atoms with Crippen molar-refractivity contribution in [1.29, 1.82) is 0 Å². The van der Waals surface area contributed by atoms with Gasteiger partial charge in [-0.05, 0) is 50.8 Å². The highest BCUT2D eigenvalue weighted by Crippen LogP contribution is 2.35. The average Bonchev–Trinajstić information content (AvgIpc) is 3.67. The molecule has 0 atom stereocenters. The van der Waals surface area contributed by atoms with Crippen LogP contribution in [0, 0.1) is 18.6 Å². The van der Waals surface area contributed by atoms with Crippen molar-refractivity contribution in [2.24, 2.45) is 0 Å². The van der Waals surface area contributed by atoms with E-state index in [9.17, 15) is 35.2 Å². The SMILES string of the molecule is Cc1nn(C2CCN(Cc3cc(C(F)(F)F)cc(Cl)c3F)CC2)c2cc(F)c(C(=O)NS(=O)(=O)C3CC3)cc12. The van der Waals surface area contributed by atoms with E-state index >= 15 is 0 Å². The molecule has 39 heavy (non-hydrogen) atoms. The minimum absolute atomic E-state index is 0.0576. The number of fused-ring (bicyclic) bond motifs is 1. The lowest BCUT2D eigenvalue weighted by atomic mass is 10.0. The highest BCUT2D eigenvalue weighted by atomic mass is 35.5. The second-order valence-electron chi connectivity index (χ2n) is 9.99. The van der Waals surface area contributed by atoms with Gasteiger partial charge in [0.05, 0.1) is 38.7 Å². The fourth-order valence-electron chi connectivity index (χ4n) is 4.90. The van der Waals surface area contributed by atoms with E-state index in [0.29, 0.717) is 61.4 Å². The van der Waals surface area contributed by atoms with Crippen LogP contribution in [0.5, 0.6) is 0 Å². The number of piperidine rings is 1. The van der Waals surface area contributed by atoms with Crippen LogP contribution < -0.4 is 4.72 Å². The topological polar surface area (TPSA) is 84.3 Å². The van der Waals surface area contributed by atoms with Gasteiger partial charge in [0.2, 0.25) is 10.0 Å². The Hall–Kier alpha value is -2.77. The van der Waals surface area contributed by atoms with Crippen LogP contribution in [0.3, 0.4) is 0 Å². The standard InChI is InChI=1S/C25H24ClF5N4O3S/c1-13-18-10-19(24(36)33-39(37,38)17-2-3-17)21(27)11-22(18)35(32-13)16-4-6-34(7-5-16)12-14-8-15(25(29,30)31)9-20(26)23(14)28/h8-11,16-17H,2-7,12H2,1H3,(H,33,36). The van der Waals surface area contributed by atoms with Crippen LogP contribution in [0.25, 0.3) is 10.9 Å². The highest BCUT2D eigenvalue weighted by Gasteiger charge is 2.37. The Bertz CT molecular complexity index is 1560. The zero-order chi connectivity index (χ0) is 28.3. The number of alkyl halides is 3. The molecule has 3 aromatic rings. The van der Waals surface area contributed by atoms with Crippen molar-refractivity contribution >= 4 is 38.4 Å². The normalized spacial score (nSPS) is 17.6. The number of aryl methyl sites for hydroxylation is 1. The molecule has 0 spiro atoms. The molecule has 2 heterocycles. The zero-order valence-corrected chi connectivity index (χ0v) is 22.2. The number of aromatic nitrogens is 2. The van der Waals surface area contributed by atoms with Gasteiger partial charge in [-0.15, -0.1) is 0 Å². The number of sulfonamides is 1. The number of likely N-dealkylation sites (tertiary alicyclic amines) is 1. The number of carbonyl (C=O) groups excluding carboxylic acids is 1. The Kier molecular flexibility index (Phi) is 7.13. The lowest BCUT2D eigenvalue weighted by Crippen LogP contribution is -2.35. The molecule has 1 saturated heterocycles. The van der Waals surface area contributed by atoms with Crippen LogP contribution in [0.15, 0.2) is 24.3 Å². The Balaban J connectivity index is 1.32. The molecule has 1 amide bonds. The summed E-state index contributed by atoms with van der Waals surface area (Å²) < 4.78 is 96.7. The van der Waals surface area contributed by atoms with Gasteiger partial charge in [-0.2, -0.15) is 18.3 Å². The molecule has 2 fully saturated rings. The van der Waals surface area contributed by atoms with Crippen molar-refractivity contribution in [3.63, 3.8) is 0 Å². The monoisotopic (exact) mass is 590 g/mol. The number of nitrogens with one attached hydrogen (secondary N) is 1. The summed E-state index contributed by atoms with van der Waals surface area (Å²) in [4.78, 5) is 14.3. The second-order valence-corrected chi connectivity index (χ2v) is 12.4. The first-order chi connectivity index (χ1) is 18.2. The van der Waals surface area contributed by atoms with Crippen LogP contribution in [-0.4, -0.2) is 47.3 Å². The first-order valence-corrected chi connectivity index (χ1v) is 14.2. The van der Waals surface area contributed by atoms with Crippen molar-refractivity contribution in [3.05, 3.63) is 63.3 Å². The molecule has 0 unspecified atom stereocenters. The highest BCUT2D eigenvalue weighted by molar-refractivity contribution is 7.91. The number of hydrogen-bond acceptors (Lipinski definition) is 5. The molecule has 1 N–H and O–H groups in total. The number of carbonyl (C=O) groups is 1. The molecule has 0 radical (unpaired) electrons. The van der Waals surface area contributed by atoms with Gasteiger partial charge in [-0.3, -0.25) is 14.4 Å². The van der Waals surface area contributed by atoms with Gasteiger partial charge < -0.3 is 0 Å². The molecule has 7 nitrogen and oxygen atoms in total. The molecule has 1 aromatic heterocycles. The number of halogens is 6. The minimum Gasteiger partial charge on any atom is -0.299 e. The quantitative estimate of drug-likeness (QED) is 0.391. The van der Waals surface area contributed by atoms with Gasteiger partial charge in [0.15, 0.2) is 0 Å². The van der Waals surface area contributed by atoms with Gasteiger partial charge in [0, 0.05) is 36.7 Å². The maximum atomic E-state index is 15.0. The summed E-state index contributed by atoms with van der Waals surface area (Å²) in [5, 5.41) is 3.79. The maximum absolute atomic E-state index is 15.0. The van der Waals surface area contributed by atoms with E-state index in [4.69, 9.17) is 11.6 Å². The Morgan fingerprint density at radius 2 is 1.77 bits per heavy atom. The van der Waals surface area contributed by atoms with Crippen LogP contribution >= 0.6 is 11.6 Å². The third-order valence-electron chi connectivity index (χ3n) is 7.15. The molecule has 210 valence electrons. The maximum Gasteiger partial charge on any atom is 0.416 e. The summed E-state index contributed by atoms with van der Waals surface area (Å²) in [6, 6.07) is 3.60. The van der Waals surface area contributed by atoms with E-state index in [1.54, 1.807) is 11.6 Å². The Morgan fingerprint density at radius 3 is 2.38 bits per heavy atom. The fraction of sp³-hybridized carbons (Fsp3) is 0.440. The van der Waals surface area contributed by atoms with Gasteiger partial charge in [-0.1, -0.05) is 11.6 Å². The smallest absolute Gasteiger partial charge is 0.299 e. The number of benzene rings is 2. The second kappa shape index (κ2) is 10.0. The first-order valence-electron chi connectivity index (χ1n) is 12.3. The van der Waals surface area contributed by atoms with E-state index < -0.39 is 55.1 Å². The molecular formula is C25H24ClF5N4O3S. The molecule has 2 aliphatic rings. The number of rotatable bonds is 6. The summed E-state index contributed by atoms with van der Waals surface area (Å²) in [7, 11) is -3.85. The van der Waals surface area contributed by atoms with Gasteiger partial charge in [-0.25, -0.2) is 21.9 Å². The van der Waals surface area contributed by atoms with Crippen molar-refractivity contribution in [1.82, 2.24) is 19.4 Å². The lowest BCUT2D eigenvalue weighted by molar-refractivity contribution is -0.137. The molecule has 5 rings (SSSR count). The van der Waals surface area contributed by atoms with E-state index in [0.717, 1.165) is 12.1 Å². The molecule has 1 aliphatic heterocycles. The van der Waals surface area contributed by atoms with Crippen molar-refractivity contribution < 1.29 is 35.2 Å². The third-order valence-corrected chi connectivity index (χ3v) is 9.24. The fourth-order valence-corrected chi connectivity index (χ4v) is 6.43. The summed E-state index contributed by atoms with van der Waals surface area (Å²) in [5.74, 6) is -2.81. The Labute approximate surface area is 226 Å². The van der Waals surface area contributed by atoms with E-state index in [-0.39, 0.29) is 18.2 Å². The predicted molar refractivity (Wildman–Crippen MR) is 134 cm³/mol. The van der Waals surface area contributed by atoms with Crippen LogP contribution in [0.4, 0.5) is 22.0 Å². The summed E-state index contributed by atoms with van der Waals surface area (Å²) in [5.41, 5.74) is -0.610. The van der Waals surface area contributed by atoms with E-state index in [1.807, 2.05) is 9.62 Å². The number of nitrogens with zero attached hydrogens (tertiary/aromatic N) is 3. The summed E-state index contributed by atoms with van der Waals surface area (Å²) in [6.07, 6.45) is -2.73. The molecule has 1 saturated carbocycles. The van der Waals surface area contributed by atoms with Crippen LogP contribution in [0.1, 0.15) is 58.9 Å². The lowest BCUT2D eigenvalue weighted by Gasteiger charge is -2.32. The molecule has 2 aromatic carbocycles. The predicted octanol–water partition coefficient (Wildman–Crippen LogP) is 5.35. The largest absolute Gasteiger partial charge is 0.416 e. The van der Waals surface area contributed by atoms with E-state index in [1.165, 1.54) is 6.07 Å². The minimum atomic E-state index is -4.65. The van der Waals surface area contributed by atoms with Crippen molar-refractivity contribution in [3.8, 4) is 0 Å². The third kappa shape index (κ3) is 5.62. The molecule has 14 heteroatoms. The van der Waals surface area contributed by atoms with Gasteiger partial charge in [0.25, 0.3) is 5.91 Å². The molecule has 1 aliphatic carbocycles. The zero-order valence-electron chi connectivity index (χ0n) is 20.7. The van der Waals surface area contributed by atoms with Gasteiger partial charge in [0.1, 0.15) is 11.6 Å². The average molecular weight is 591 g/mol. The first kappa shape index (κ1) is 27.8. The Morgan fingerprint density at radius 1 is 1.10 bits per heavy atom. The molecular weight excluding hydrogens is 567 g/mol.